The van der Waals surface area contributed by atoms with Gasteiger partial charge in [-0.2, -0.15) is 0 Å². The fourth-order valence-corrected chi connectivity index (χ4v) is 2.31. The highest BCUT2D eigenvalue weighted by molar-refractivity contribution is 9.10. The van der Waals surface area contributed by atoms with E-state index < -0.39 is 0 Å². The molecule has 0 unspecified atom stereocenters. The summed E-state index contributed by atoms with van der Waals surface area (Å²) in [5.41, 5.74) is 2.00. The van der Waals surface area contributed by atoms with Crippen LogP contribution in [-0.4, -0.2) is 30.7 Å². The summed E-state index contributed by atoms with van der Waals surface area (Å²) in [5, 5.41) is 3.13. The standard InChI is InChI=1S/C14H18BrN3O/c1-16-7-3-4-14-17-9-12(18-14)11-8-10(15)5-6-13(11)19-2/h5-6,8-9,16H,3-4,7H2,1-2H3,(H,17,18). The van der Waals surface area contributed by atoms with Gasteiger partial charge in [0, 0.05) is 16.5 Å². The number of benzene rings is 1. The van der Waals surface area contributed by atoms with Gasteiger partial charge < -0.3 is 15.0 Å². The van der Waals surface area contributed by atoms with Crippen molar-refractivity contribution >= 4 is 15.9 Å². The molecule has 0 radical (unpaired) electrons. The molecule has 0 atom stereocenters. The van der Waals surface area contributed by atoms with Crippen LogP contribution in [-0.2, 0) is 6.42 Å². The normalized spacial score (nSPS) is 10.7. The maximum Gasteiger partial charge on any atom is 0.128 e. The van der Waals surface area contributed by atoms with E-state index in [4.69, 9.17) is 4.74 Å². The number of imidazole rings is 1. The van der Waals surface area contributed by atoms with Crippen LogP contribution < -0.4 is 10.1 Å². The van der Waals surface area contributed by atoms with E-state index in [9.17, 15) is 0 Å². The summed E-state index contributed by atoms with van der Waals surface area (Å²) in [7, 11) is 3.64. The number of H-pyrrole nitrogens is 1. The fourth-order valence-electron chi connectivity index (χ4n) is 1.95. The van der Waals surface area contributed by atoms with Gasteiger partial charge in [-0.15, -0.1) is 0 Å². The molecule has 2 N–H and O–H groups in total. The largest absolute Gasteiger partial charge is 0.496 e. The fraction of sp³-hybridized carbons (Fsp3) is 0.357. The molecule has 0 aliphatic rings. The zero-order chi connectivity index (χ0) is 13.7. The third kappa shape index (κ3) is 3.58. The molecule has 0 aliphatic carbocycles. The van der Waals surface area contributed by atoms with Crippen LogP contribution >= 0.6 is 15.9 Å². The van der Waals surface area contributed by atoms with E-state index in [1.807, 2.05) is 31.4 Å². The van der Waals surface area contributed by atoms with Gasteiger partial charge in [-0.3, -0.25) is 0 Å². The number of hydrogen-bond donors (Lipinski definition) is 2. The molecule has 0 amide bonds. The van der Waals surface area contributed by atoms with Crippen LogP contribution in [0.2, 0.25) is 0 Å². The van der Waals surface area contributed by atoms with Crippen LogP contribution in [0.4, 0.5) is 0 Å². The molecular weight excluding hydrogens is 306 g/mol. The van der Waals surface area contributed by atoms with Crippen LogP contribution in [0.3, 0.4) is 0 Å². The van der Waals surface area contributed by atoms with Gasteiger partial charge in [0.2, 0.25) is 0 Å². The number of aromatic nitrogens is 2. The van der Waals surface area contributed by atoms with Crippen molar-refractivity contribution in [1.82, 2.24) is 15.3 Å². The zero-order valence-electron chi connectivity index (χ0n) is 11.2. The molecule has 0 aliphatic heterocycles. The second-order valence-corrected chi connectivity index (χ2v) is 5.21. The highest BCUT2D eigenvalue weighted by Gasteiger charge is 2.09. The van der Waals surface area contributed by atoms with Gasteiger partial charge in [0.1, 0.15) is 11.6 Å². The first-order valence-electron chi connectivity index (χ1n) is 6.27. The first kappa shape index (κ1) is 14.1. The summed E-state index contributed by atoms with van der Waals surface area (Å²) in [6, 6.07) is 5.94. The molecular formula is C14H18BrN3O. The van der Waals surface area contributed by atoms with Crippen molar-refractivity contribution in [3.05, 3.63) is 34.7 Å². The van der Waals surface area contributed by atoms with E-state index in [1.54, 1.807) is 7.11 Å². The lowest BCUT2D eigenvalue weighted by Crippen LogP contribution is -2.08. The molecule has 5 heteroatoms. The number of rotatable bonds is 6. The monoisotopic (exact) mass is 323 g/mol. The van der Waals surface area contributed by atoms with E-state index in [2.05, 4.69) is 31.2 Å². The van der Waals surface area contributed by atoms with Crippen molar-refractivity contribution in [2.24, 2.45) is 0 Å². The molecule has 0 spiro atoms. The topological polar surface area (TPSA) is 49.9 Å². The molecule has 1 heterocycles. The maximum absolute atomic E-state index is 5.38. The van der Waals surface area contributed by atoms with Gasteiger partial charge in [0.05, 0.1) is 19.0 Å². The highest BCUT2D eigenvalue weighted by atomic mass is 79.9. The second-order valence-electron chi connectivity index (χ2n) is 4.30. The quantitative estimate of drug-likeness (QED) is 0.803. The van der Waals surface area contributed by atoms with Crippen LogP contribution in [0.1, 0.15) is 12.2 Å². The summed E-state index contributed by atoms with van der Waals surface area (Å²) in [6.07, 6.45) is 3.87. The first-order valence-corrected chi connectivity index (χ1v) is 7.06. The number of hydrogen-bond acceptors (Lipinski definition) is 3. The molecule has 0 fully saturated rings. The van der Waals surface area contributed by atoms with Crippen molar-refractivity contribution < 1.29 is 4.74 Å². The number of ether oxygens (including phenoxy) is 1. The minimum Gasteiger partial charge on any atom is -0.496 e. The van der Waals surface area contributed by atoms with Crippen LogP contribution in [0, 0.1) is 0 Å². The van der Waals surface area contributed by atoms with E-state index in [0.29, 0.717) is 0 Å². The molecule has 0 saturated carbocycles. The van der Waals surface area contributed by atoms with Crippen molar-refractivity contribution in [2.45, 2.75) is 12.8 Å². The lowest BCUT2D eigenvalue weighted by atomic mass is 10.1. The predicted molar refractivity (Wildman–Crippen MR) is 80.5 cm³/mol. The first-order chi connectivity index (χ1) is 9.24. The van der Waals surface area contributed by atoms with Gasteiger partial charge in [-0.1, -0.05) is 15.9 Å². The van der Waals surface area contributed by atoms with Gasteiger partial charge in [0.15, 0.2) is 0 Å². The predicted octanol–water partition coefficient (Wildman–Crippen LogP) is 3.00. The molecule has 4 nitrogen and oxygen atoms in total. The molecule has 2 aromatic rings. The third-order valence-corrected chi connectivity index (χ3v) is 3.41. The van der Waals surface area contributed by atoms with Gasteiger partial charge >= 0.3 is 0 Å². The molecule has 102 valence electrons. The Labute approximate surface area is 121 Å². The van der Waals surface area contributed by atoms with Crippen LogP contribution in [0.15, 0.2) is 28.9 Å². The Morgan fingerprint density at radius 2 is 2.26 bits per heavy atom. The van der Waals surface area contributed by atoms with Crippen molar-refractivity contribution in [3.8, 4) is 17.0 Å². The lowest BCUT2D eigenvalue weighted by Gasteiger charge is -2.07. The lowest BCUT2D eigenvalue weighted by molar-refractivity contribution is 0.416. The number of aromatic amines is 1. The smallest absolute Gasteiger partial charge is 0.128 e. The van der Waals surface area contributed by atoms with E-state index >= 15 is 0 Å². The van der Waals surface area contributed by atoms with Crippen LogP contribution in [0.25, 0.3) is 11.3 Å². The Bertz CT molecular complexity index is 539. The number of aryl methyl sites for hydroxylation is 1. The third-order valence-electron chi connectivity index (χ3n) is 2.92. The number of methoxy groups -OCH3 is 1. The average molecular weight is 324 g/mol. The summed E-state index contributed by atoms with van der Waals surface area (Å²) < 4.78 is 6.41. The van der Waals surface area contributed by atoms with Crippen LogP contribution in [0.5, 0.6) is 5.75 Å². The Hall–Kier alpha value is -1.33. The molecule has 0 saturated heterocycles. The summed E-state index contributed by atoms with van der Waals surface area (Å²) in [4.78, 5) is 7.77. The highest BCUT2D eigenvalue weighted by Crippen LogP contribution is 2.31. The van der Waals surface area contributed by atoms with Crippen molar-refractivity contribution in [3.63, 3.8) is 0 Å². The molecule has 0 bridgehead atoms. The minimum absolute atomic E-state index is 0.841. The molecule has 19 heavy (non-hydrogen) atoms. The number of nitrogens with one attached hydrogen (secondary N) is 2. The van der Waals surface area contributed by atoms with Gasteiger partial charge in [0.25, 0.3) is 0 Å². The molecule has 1 aromatic heterocycles. The summed E-state index contributed by atoms with van der Waals surface area (Å²) in [5.74, 6) is 1.85. The maximum atomic E-state index is 5.38. The van der Waals surface area contributed by atoms with Crippen molar-refractivity contribution in [2.75, 3.05) is 20.7 Å². The van der Waals surface area contributed by atoms with Gasteiger partial charge in [-0.05, 0) is 38.2 Å². The Kier molecular flexibility index (Phi) is 4.99. The average Bonchev–Trinajstić information content (AvgIpc) is 2.88. The van der Waals surface area contributed by atoms with Crippen molar-refractivity contribution in [1.29, 1.82) is 0 Å². The SMILES string of the molecule is CNCCCc1ncc(-c2cc(Br)ccc2OC)[nH]1. The van der Waals surface area contributed by atoms with Gasteiger partial charge in [-0.25, -0.2) is 4.98 Å². The Balaban J connectivity index is 2.20. The zero-order valence-corrected chi connectivity index (χ0v) is 12.8. The molecule has 2 rings (SSSR count). The molecule has 1 aromatic carbocycles. The van der Waals surface area contributed by atoms with E-state index in [-0.39, 0.29) is 0 Å². The summed E-state index contributed by atoms with van der Waals surface area (Å²) >= 11 is 3.48. The number of halogens is 1. The van der Waals surface area contributed by atoms with E-state index in [0.717, 1.165) is 46.7 Å². The number of nitrogens with zero attached hydrogens (tertiary/aromatic N) is 1. The minimum atomic E-state index is 0.841. The Morgan fingerprint density at radius 3 is 3.00 bits per heavy atom. The second kappa shape index (κ2) is 6.73. The summed E-state index contributed by atoms with van der Waals surface area (Å²) in [6.45, 7) is 0.996. The Morgan fingerprint density at radius 1 is 1.42 bits per heavy atom. The van der Waals surface area contributed by atoms with E-state index in [1.165, 1.54) is 0 Å².